The smallest absolute Gasteiger partial charge is 0.330 e. The van der Waals surface area contributed by atoms with Gasteiger partial charge in [-0.2, -0.15) is 0 Å². The number of rotatable bonds is 5. The number of nitrogens with zero attached hydrogens (tertiary/aromatic N) is 1. The van der Waals surface area contributed by atoms with E-state index in [2.05, 4.69) is 10.7 Å². The third-order valence-electron chi connectivity index (χ3n) is 1.35. The first-order chi connectivity index (χ1) is 6.47. The number of carboxylic acid groups (broad SMARTS) is 1. The summed E-state index contributed by atoms with van der Waals surface area (Å²) in [7, 11) is 3.20. The summed E-state index contributed by atoms with van der Waals surface area (Å²) >= 11 is 0. The molecule has 14 heavy (non-hydrogen) atoms. The number of aliphatic hydroxyl groups excluding tert-OH is 1. The van der Waals surface area contributed by atoms with Gasteiger partial charge in [-0.25, -0.2) is 14.6 Å². The summed E-state index contributed by atoms with van der Waals surface area (Å²) in [4.78, 5) is 21.6. The SMILES string of the molecule is CN(C)NC(=O)N[C@@H](CCO)C(=O)O. The van der Waals surface area contributed by atoms with Crippen molar-refractivity contribution >= 4 is 12.0 Å². The zero-order valence-corrected chi connectivity index (χ0v) is 8.15. The summed E-state index contributed by atoms with van der Waals surface area (Å²) < 4.78 is 0. The van der Waals surface area contributed by atoms with E-state index in [9.17, 15) is 9.59 Å². The van der Waals surface area contributed by atoms with Crippen molar-refractivity contribution in [1.29, 1.82) is 0 Å². The molecule has 7 nitrogen and oxygen atoms in total. The highest BCUT2D eigenvalue weighted by atomic mass is 16.4. The molecule has 0 aromatic heterocycles. The van der Waals surface area contributed by atoms with E-state index in [4.69, 9.17) is 10.2 Å². The Morgan fingerprint density at radius 2 is 2.00 bits per heavy atom. The van der Waals surface area contributed by atoms with Crippen LogP contribution in [0.3, 0.4) is 0 Å². The molecule has 0 aliphatic rings. The number of hydrogen-bond donors (Lipinski definition) is 4. The summed E-state index contributed by atoms with van der Waals surface area (Å²) in [6.45, 7) is -0.292. The zero-order chi connectivity index (χ0) is 11.1. The lowest BCUT2D eigenvalue weighted by molar-refractivity contribution is -0.139. The molecule has 1 atom stereocenters. The van der Waals surface area contributed by atoms with Crippen LogP contribution in [0.5, 0.6) is 0 Å². The van der Waals surface area contributed by atoms with Crippen LogP contribution in [0.25, 0.3) is 0 Å². The van der Waals surface area contributed by atoms with Gasteiger partial charge in [0.15, 0.2) is 0 Å². The largest absolute Gasteiger partial charge is 0.480 e. The van der Waals surface area contributed by atoms with Crippen LogP contribution in [0.15, 0.2) is 0 Å². The highest BCUT2D eigenvalue weighted by Gasteiger charge is 2.18. The molecule has 2 amide bonds. The predicted octanol–water partition coefficient (Wildman–Crippen LogP) is -1.40. The minimum Gasteiger partial charge on any atom is -0.480 e. The molecule has 0 fully saturated rings. The Kier molecular flexibility index (Phi) is 5.58. The van der Waals surface area contributed by atoms with Crippen molar-refractivity contribution in [1.82, 2.24) is 15.8 Å². The van der Waals surface area contributed by atoms with E-state index < -0.39 is 18.0 Å². The van der Waals surface area contributed by atoms with E-state index in [0.717, 1.165) is 0 Å². The molecular weight excluding hydrogens is 190 g/mol. The average molecular weight is 205 g/mol. The van der Waals surface area contributed by atoms with Crippen molar-refractivity contribution in [3.05, 3.63) is 0 Å². The van der Waals surface area contributed by atoms with Gasteiger partial charge in [-0.15, -0.1) is 0 Å². The Hall–Kier alpha value is -1.34. The number of carbonyl (C=O) groups excluding carboxylic acids is 1. The van der Waals surface area contributed by atoms with Crippen LogP contribution in [0.2, 0.25) is 0 Å². The molecular formula is C7H15N3O4. The number of aliphatic carboxylic acids is 1. The van der Waals surface area contributed by atoms with Gasteiger partial charge in [0.05, 0.1) is 0 Å². The van der Waals surface area contributed by atoms with E-state index >= 15 is 0 Å². The minimum absolute atomic E-state index is 0.0177. The van der Waals surface area contributed by atoms with Gasteiger partial charge in [0.2, 0.25) is 0 Å². The molecule has 0 unspecified atom stereocenters. The van der Waals surface area contributed by atoms with Crippen molar-refractivity contribution in [2.24, 2.45) is 0 Å². The fourth-order valence-electron chi connectivity index (χ4n) is 0.780. The highest BCUT2D eigenvalue weighted by Crippen LogP contribution is 1.90. The summed E-state index contributed by atoms with van der Waals surface area (Å²) in [6.07, 6.45) is -0.0177. The summed E-state index contributed by atoms with van der Waals surface area (Å²) in [6, 6.07) is -1.68. The number of urea groups is 1. The maximum atomic E-state index is 11.0. The van der Waals surface area contributed by atoms with Gasteiger partial charge in [0.25, 0.3) is 0 Å². The lowest BCUT2D eigenvalue weighted by Gasteiger charge is -2.16. The van der Waals surface area contributed by atoms with Crippen LogP contribution >= 0.6 is 0 Å². The molecule has 0 aromatic rings. The fraction of sp³-hybridized carbons (Fsp3) is 0.714. The van der Waals surface area contributed by atoms with Crippen LogP contribution < -0.4 is 10.7 Å². The normalized spacial score (nSPS) is 12.3. The second kappa shape index (κ2) is 6.17. The fourth-order valence-corrected chi connectivity index (χ4v) is 0.780. The topological polar surface area (TPSA) is 102 Å². The molecule has 0 saturated heterocycles. The van der Waals surface area contributed by atoms with Crippen molar-refractivity contribution in [2.75, 3.05) is 20.7 Å². The van der Waals surface area contributed by atoms with Crippen molar-refractivity contribution in [2.45, 2.75) is 12.5 Å². The molecule has 0 rings (SSSR count). The molecule has 0 aliphatic carbocycles. The number of amides is 2. The molecule has 0 aliphatic heterocycles. The molecule has 0 saturated carbocycles. The molecule has 4 N–H and O–H groups in total. The van der Waals surface area contributed by atoms with Crippen LogP contribution in [-0.4, -0.2) is 54.0 Å². The second-order valence-corrected chi connectivity index (χ2v) is 2.88. The Morgan fingerprint density at radius 3 is 2.36 bits per heavy atom. The molecule has 0 aromatic carbocycles. The van der Waals surface area contributed by atoms with Gasteiger partial charge in [-0.05, 0) is 0 Å². The standard InChI is InChI=1S/C7H15N3O4/c1-10(2)9-7(14)8-5(3-4-11)6(12)13/h5,11H,3-4H2,1-2H3,(H,12,13)(H2,8,9,14)/t5-/m0/s1. The van der Waals surface area contributed by atoms with Gasteiger partial charge < -0.3 is 15.5 Å². The van der Waals surface area contributed by atoms with Gasteiger partial charge >= 0.3 is 12.0 Å². The van der Waals surface area contributed by atoms with Crippen LogP contribution in [0, 0.1) is 0 Å². The lowest BCUT2D eigenvalue weighted by atomic mass is 10.2. The van der Waals surface area contributed by atoms with Gasteiger partial charge in [-0.1, -0.05) is 0 Å². The average Bonchev–Trinajstić information content (AvgIpc) is 2.01. The van der Waals surface area contributed by atoms with E-state index in [0.29, 0.717) is 0 Å². The number of hydrazine groups is 1. The van der Waals surface area contributed by atoms with E-state index in [-0.39, 0.29) is 13.0 Å². The number of carboxylic acids is 1. The van der Waals surface area contributed by atoms with Crippen LogP contribution in [-0.2, 0) is 4.79 Å². The second-order valence-electron chi connectivity index (χ2n) is 2.88. The Morgan fingerprint density at radius 1 is 1.43 bits per heavy atom. The maximum absolute atomic E-state index is 11.0. The summed E-state index contributed by atoms with van der Waals surface area (Å²) in [5, 5.41) is 20.7. The third-order valence-corrected chi connectivity index (χ3v) is 1.35. The number of nitrogens with one attached hydrogen (secondary N) is 2. The Balaban J connectivity index is 4.02. The molecule has 0 spiro atoms. The quantitative estimate of drug-likeness (QED) is 0.413. The molecule has 82 valence electrons. The first kappa shape index (κ1) is 12.7. The first-order valence-corrected chi connectivity index (χ1v) is 4.05. The summed E-state index contributed by atoms with van der Waals surface area (Å²) in [5.41, 5.74) is 2.32. The third kappa shape index (κ3) is 5.33. The van der Waals surface area contributed by atoms with Gasteiger partial charge in [-0.3, -0.25) is 5.43 Å². The van der Waals surface area contributed by atoms with Crippen LogP contribution in [0.1, 0.15) is 6.42 Å². The van der Waals surface area contributed by atoms with Crippen LogP contribution in [0.4, 0.5) is 4.79 Å². The number of carbonyl (C=O) groups is 2. The highest BCUT2D eigenvalue weighted by molar-refractivity contribution is 5.82. The van der Waals surface area contributed by atoms with E-state index in [1.54, 1.807) is 14.1 Å². The number of hydrogen-bond acceptors (Lipinski definition) is 4. The predicted molar refractivity (Wildman–Crippen MR) is 48.5 cm³/mol. The van der Waals surface area contributed by atoms with Crippen molar-refractivity contribution in [3.63, 3.8) is 0 Å². The Bertz CT molecular complexity index is 207. The molecule has 7 heteroatoms. The number of aliphatic hydroxyl groups is 1. The first-order valence-electron chi connectivity index (χ1n) is 4.05. The van der Waals surface area contributed by atoms with E-state index in [1.165, 1.54) is 5.01 Å². The molecule has 0 radical (unpaired) electrons. The zero-order valence-electron chi connectivity index (χ0n) is 8.15. The van der Waals surface area contributed by atoms with E-state index in [1.807, 2.05) is 0 Å². The Labute approximate surface area is 81.7 Å². The summed E-state index contributed by atoms with van der Waals surface area (Å²) in [5.74, 6) is -1.17. The maximum Gasteiger partial charge on any atom is 0.330 e. The minimum atomic E-state index is -1.17. The van der Waals surface area contributed by atoms with Gasteiger partial charge in [0, 0.05) is 27.1 Å². The van der Waals surface area contributed by atoms with Crippen molar-refractivity contribution in [3.8, 4) is 0 Å². The van der Waals surface area contributed by atoms with Gasteiger partial charge in [0.1, 0.15) is 6.04 Å². The lowest BCUT2D eigenvalue weighted by Crippen LogP contribution is -2.50. The molecule has 0 bridgehead atoms. The van der Waals surface area contributed by atoms with Crippen molar-refractivity contribution < 1.29 is 19.8 Å². The molecule has 0 heterocycles. The monoisotopic (exact) mass is 205 g/mol.